The molecule has 0 radical (unpaired) electrons. The molecule has 0 bridgehead atoms. The topological polar surface area (TPSA) is 211 Å². The number of carboxylic acid groups (broad SMARTS) is 2. The Morgan fingerprint density at radius 1 is 0.729 bits per heavy atom. The summed E-state index contributed by atoms with van der Waals surface area (Å²) in [6.45, 7) is 5.44. The number of hydrogen-bond acceptors (Lipinski definition) is 11. The van der Waals surface area contributed by atoms with Crippen LogP contribution in [0.3, 0.4) is 0 Å². The summed E-state index contributed by atoms with van der Waals surface area (Å²) >= 11 is 0. The summed E-state index contributed by atoms with van der Waals surface area (Å²) in [6, 6.07) is 0. The van der Waals surface area contributed by atoms with Crippen molar-refractivity contribution in [1.29, 1.82) is 0 Å². The molecular formula is C35H58O13. The van der Waals surface area contributed by atoms with E-state index in [1.54, 1.807) is 12.2 Å². The molecule has 3 atom stereocenters. The zero-order valence-corrected chi connectivity index (χ0v) is 28.0. The molecule has 276 valence electrons. The smallest absolute Gasteiger partial charge is 0.317 e. The molecule has 0 amide bonds. The van der Waals surface area contributed by atoms with Crippen molar-refractivity contribution in [2.24, 2.45) is 17.8 Å². The monoisotopic (exact) mass is 686 g/mol. The molecule has 0 aromatic rings. The van der Waals surface area contributed by atoms with Gasteiger partial charge in [-0.25, -0.2) is 0 Å². The van der Waals surface area contributed by atoms with Crippen LogP contribution in [-0.2, 0) is 43.0 Å². The first-order chi connectivity index (χ1) is 22.5. The lowest BCUT2D eigenvalue weighted by atomic mass is 10.0. The van der Waals surface area contributed by atoms with Gasteiger partial charge in [0.25, 0.3) is 0 Å². The number of allylic oxidation sites excluding steroid dienone is 6. The lowest BCUT2D eigenvalue weighted by Crippen LogP contribution is -2.22. The van der Waals surface area contributed by atoms with E-state index in [1.165, 1.54) is 0 Å². The van der Waals surface area contributed by atoms with Gasteiger partial charge in [-0.1, -0.05) is 83.9 Å². The quantitative estimate of drug-likeness (QED) is 0.0381. The fourth-order valence-electron chi connectivity index (χ4n) is 3.71. The van der Waals surface area contributed by atoms with Gasteiger partial charge in [-0.3, -0.25) is 28.8 Å². The first-order valence-electron chi connectivity index (χ1n) is 16.1. The Bertz CT molecular complexity index is 946. The van der Waals surface area contributed by atoms with Gasteiger partial charge in [0.05, 0.1) is 50.2 Å². The third kappa shape index (κ3) is 28.4. The maximum Gasteiger partial charge on any atom is 0.317 e. The van der Waals surface area contributed by atoms with E-state index >= 15 is 0 Å². The van der Waals surface area contributed by atoms with Crippen molar-refractivity contribution < 1.29 is 63.4 Å². The van der Waals surface area contributed by atoms with E-state index in [0.29, 0.717) is 6.42 Å². The van der Waals surface area contributed by atoms with E-state index in [9.17, 15) is 39.0 Å². The first kappa shape index (κ1) is 48.6. The van der Waals surface area contributed by atoms with Crippen LogP contribution in [0.15, 0.2) is 36.5 Å². The molecule has 1 aliphatic heterocycles. The van der Waals surface area contributed by atoms with Gasteiger partial charge in [0, 0.05) is 0 Å². The van der Waals surface area contributed by atoms with Crippen molar-refractivity contribution in [1.82, 2.24) is 0 Å². The second-order valence-electron chi connectivity index (χ2n) is 10.5. The maximum atomic E-state index is 11.8. The molecule has 13 heteroatoms. The number of hydrogen-bond donors (Lipinski definition) is 4. The molecule has 0 spiro atoms. The molecule has 1 aliphatic rings. The van der Waals surface area contributed by atoms with E-state index in [1.807, 2.05) is 38.2 Å². The summed E-state index contributed by atoms with van der Waals surface area (Å²) in [5.74, 6) is -6.26. The van der Waals surface area contributed by atoms with Crippen molar-refractivity contribution in [3.63, 3.8) is 0 Å². The first-order valence-corrected chi connectivity index (χ1v) is 16.1. The van der Waals surface area contributed by atoms with Crippen LogP contribution in [0, 0.1) is 17.8 Å². The van der Waals surface area contributed by atoms with Crippen LogP contribution < -0.4 is 0 Å². The summed E-state index contributed by atoms with van der Waals surface area (Å²) in [4.78, 5) is 67.7. The van der Waals surface area contributed by atoms with Gasteiger partial charge in [0.15, 0.2) is 0 Å². The second-order valence-corrected chi connectivity index (χ2v) is 10.5. The molecule has 3 unspecified atom stereocenters. The number of cyclic esters (lactones) is 2. The highest BCUT2D eigenvalue weighted by Crippen LogP contribution is 2.20. The van der Waals surface area contributed by atoms with Crippen molar-refractivity contribution in [2.45, 2.75) is 105 Å². The van der Waals surface area contributed by atoms with E-state index < -0.39 is 35.7 Å². The zero-order chi connectivity index (χ0) is 35.9. The molecule has 1 heterocycles. The molecule has 48 heavy (non-hydrogen) atoms. The SMILES string of the molecule is C.CCC/C=C/CC(CC(=O)OCCOC(=O)CC(C/C=C/CCC)C(=O)O)C(=O)O.CCC/C=C/CC1CC(=O)OC1=O.OCCO. The average molecular weight is 687 g/mol. The fourth-order valence-corrected chi connectivity index (χ4v) is 3.71. The van der Waals surface area contributed by atoms with Gasteiger partial charge < -0.3 is 34.6 Å². The van der Waals surface area contributed by atoms with Crippen LogP contribution >= 0.6 is 0 Å². The average Bonchev–Trinajstić information content (AvgIpc) is 3.36. The van der Waals surface area contributed by atoms with Gasteiger partial charge in [-0.05, 0) is 38.5 Å². The number of carbonyl (C=O) groups is 6. The largest absolute Gasteiger partial charge is 0.481 e. The Morgan fingerprint density at radius 3 is 1.44 bits per heavy atom. The van der Waals surface area contributed by atoms with Crippen LogP contribution in [0.1, 0.15) is 105 Å². The third-order valence-electron chi connectivity index (χ3n) is 6.32. The molecular weight excluding hydrogens is 628 g/mol. The van der Waals surface area contributed by atoms with Crippen LogP contribution in [0.2, 0.25) is 0 Å². The van der Waals surface area contributed by atoms with Gasteiger partial charge in [0.2, 0.25) is 0 Å². The van der Waals surface area contributed by atoms with E-state index in [0.717, 1.165) is 38.5 Å². The van der Waals surface area contributed by atoms with Crippen molar-refractivity contribution in [2.75, 3.05) is 26.4 Å². The molecule has 13 nitrogen and oxygen atoms in total. The van der Waals surface area contributed by atoms with Crippen molar-refractivity contribution in [3.8, 4) is 0 Å². The van der Waals surface area contributed by atoms with Crippen molar-refractivity contribution >= 4 is 35.8 Å². The fraction of sp³-hybridized carbons (Fsp3) is 0.657. The second kappa shape index (κ2) is 33.1. The molecule has 1 fully saturated rings. The summed E-state index contributed by atoms with van der Waals surface area (Å²) in [5, 5.41) is 33.6. The summed E-state index contributed by atoms with van der Waals surface area (Å²) in [7, 11) is 0. The molecule has 0 aromatic heterocycles. The Balaban J connectivity index is -0.000000923. The van der Waals surface area contributed by atoms with E-state index in [2.05, 4.69) is 11.7 Å². The number of rotatable bonds is 22. The normalized spacial score (nSPS) is 15.1. The summed E-state index contributed by atoms with van der Waals surface area (Å²) in [5.41, 5.74) is 0. The van der Waals surface area contributed by atoms with Gasteiger partial charge in [0.1, 0.15) is 13.2 Å². The minimum atomic E-state index is -1.08. The van der Waals surface area contributed by atoms with Gasteiger partial charge in [-0.15, -0.1) is 0 Å². The number of carbonyl (C=O) groups excluding carboxylic acids is 4. The molecule has 1 saturated heterocycles. The Hall–Kier alpha value is -3.84. The standard InChI is InChI=1S/C22H34O8.C10H14O3.C2H6O2.CH4/c1-3-5-7-9-11-17(21(25)26)15-19(23)29-13-14-30-20(24)16-18(22(27)28)12-10-8-6-4-2;1-2-3-4-5-6-8-7-9(11)13-10(8)12;3-1-2-4;/h7-10,17-18H,3-6,11-16H2,1-2H3,(H,25,26)(H,27,28);4-5,8H,2-3,6-7H2,1H3;3-4H,1-2H2;1H4/b9-7+,10-8+;5-4+;;. The number of unbranched alkanes of at least 4 members (excludes halogenated alkanes) is 3. The highest BCUT2D eigenvalue weighted by molar-refractivity contribution is 5.94. The number of aliphatic hydroxyl groups is 2. The predicted molar refractivity (Wildman–Crippen MR) is 180 cm³/mol. The number of aliphatic carboxylic acids is 2. The number of carboxylic acids is 2. The minimum Gasteiger partial charge on any atom is -0.481 e. The lowest BCUT2D eigenvalue weighted by molar-refractivity contribution is -0.157. The lowest BCUT2D eigenvalue weighted by Gasteiger charge is -2.12. The minimum absolute atomic E-state index is 0. The third-order valence-corrected chi connectivity index (χ3v) is 6.32. The van der Waals surface area contributed by atoms with Gasteiger partial charge >= 0.3 is 35.8 Å². The summed E-state index contributed by atoms with van der Waals surface area (Å²) < 4.78 is 14.2. The van der Waals surface area contributed by atoms with Crippen molar-refractivity contribution in [3.05, 3.63) is 36.5 Å². The van der Waals surface area contributed by atoms with Crippen LogP contribution in [0.4, 0.5) is 0 Å². The van der Waals surface area contributed by atoms with Crippen LogP contribution in [-0.4, -0.2) is 82.7 Å². The van der Waals surface area contributed by atoms with E-state index in [4.69, 9.17) is 19.7 Å². The molecule has 1 rings (SSSR count). The summed E-state index contributed by atoms with van der Waals surface area (Å²) in [6.07, 6.45) is 17.8. The number of esters is 4. The van der Waals surface area contributed by atoms with Crippen LogP contribution in [0.5, 0.6) is 0 Å². The highest BCUT2D eigenvalue weighted by atomic mass is 16.6. The zero-order valence-electron chi connectivity index (χ0n) is 28.0. The van der Waals surface area contributed by atoms with E-state index in [-0.39, 0.29) is 83.8 Å². The Kier molecular flexibility index (Phi) is 33.5. The Labute approximate surface area is 285 Å². The Morgan fingerprint density at radius 2 is 1.12 bits per heavy atom. The predicted octanol–water partition coefficient (Wildman–Crippen LogP) is 5.18. The molecule has 0 aromatic carbocycles. The molecule has 4 N–H and O–H groups in total. The molecule has 0 aliphatic carbocycles. The number of aliphatic hydroxyl groups excluding tert-OH is 2. The van der Waals surface area contributed by atoms with Crippen LogP contribution in [0.25, 0.3) is 0 Å². The number of ether oxygens (including phenoxy) is 3. The highest BCUT2D eigenvalue weighted by Gasteiger charge is 2.32. The maximum absolute atomic E-state index is 11.8. The van der Waals surface area contributed by atoms with Gasteiger partial charge in [-0.2, -0.15) is 0 Å². The molecule has 0 saturated carbocycles.